The molecule has 0 aliphatic rings. The number of benzene rings is 3. The summed E-state index contributed by atoms with van der Waals surface area (Å²) in [5.41, 5.74) is 2.27. The third kappa shape index (κ3) is 5.71. The summed E-state index contributed by atoms with van der Waals surface area (Å²) in [4.78, 5) is 12.5. The Kier molecular flexibility index (Phi) is 6.81. The number of hydrogen-bond acceptors (Lipinski definition) is 3. The fourth-order valence-corrected chi connectivity index (χ4v) is 4.13. The number of hydrogen-bond donors (Lipinski definition) is 1. The van der Waals surface area contributed by atoms with Gasteiger partial charge in [0.2, 0.25) is 10.0 Å². The summed E-state index contributed by atoms with van der Waals surface area (Å²) < 4.78 is 27.0. The Bertz CT molecular complexity index is 1120. The number of carbonyl (C=O) groups excluding carboxylic acids is 1. The van der Waals surface area contributed by atoms with Crippen molar-refractivity contribution in [3.8, 4) is 0 Å². The summed E-state index contributed by atoms with van der Waals surface area (Å²) in [6, 6.07) is 21.0. The number of sulfonamides is 1. The average molecular weight is 541 g/mol. The average Bonchev–Trinajstić information content (AvgIpc) is 2.68. The third-order valence-corrected chi connectivity index (χ3v) is 6.42. The van der Waals surface area contributed by atoms with E-state index in [0.29, 0.717) is 27.5 Å². The van der Waals surface area contributed by atoms with Crippen molar-refractivity contribution in [2.45, 2.75) is 6.54 Å². The van der Waals surface area contributed by atoms with Crippen LogP contribution in [0.5, 0.6) is 0 Å². The van der Waals surface area contributed by atoms with E-state index < -0.39 is 10.0 Å². The topological polar surface area (TPSA) is 66.5 Å². The van der Waals surface area contributed by atoms with Crippen molar-refractivity contribution in [1.82, 2.24) is 0 Å². The zero-order valence-corrected chi connectivity index (χ0v) is 19.2. The SMILES string of the molecule is CS(=O)(=O)N(Cc1ccccc1Cl)c1ccc(C(=O)Nc2ccc(I)cc2)cc1. The molecule has 0 aliphatic carbocycles. The molecule has 29 heavy (non-hydrogen) atoms. The summed E-state index contributed by atoms with van der Waals surface area (Å²) in [7, 11) is -3.55. The van der Waals surface area contributed by atoms with Crippen LogP contribution in [0.2, 0.25) is 5.02 Å². The molecule has 0 heterocycles. The second-order valence-corrected chi connectivity index (χ2v) is 9.93. The molecule has 5 nitrogen and oxygen atoms in total. The molecule has 0 saturated carbocycles. The van der Waals surface area contributed by atoms with E-state index in [0.717, 1.165) is 9.83 Å². The standard InChI is InChI=1S/C21H18ClIN2O3S/c1-29(27,28)25(14-16-4-2-3-5-20(16)22)19-12-6-15(7-13-19)21(26)24-18-10-8-17(23)9-11-18/h2-13H,14H2,1H3,(H,24,26). The molecule has 0 spiro atoms. The first kappa shape index (κ1) is 21.6. The minimum Gasteiger partial charge on any atom is -0.322 e. The monoisotopic (exact) mass is 540 g/mol. The number of carbonyl (C=O) groups is 1. The van der Waals surface area contributed by atoms with Gasteiger partial charge in [-0.15, -0.1) is 0 Å². The van der Waals surface area contributed by atoms with E-state index in [1.54, 1.807) is 48.5 Å². The van der Waals surface area contributed by atoms with Gasteiger partial charge in [-0.05, 0) is 82.8 Å². The number of nitrogens with zero attached hydrogens (tertiary/aromatic N) is 1. The predicted octanol–water partition coefficient (Wildman–Crippen LogP) is 5.16. The normalized spacial score (nSPS) is 11.1. The van der Waals surface area contributed by atoms with Gasteiger partial charge in [0.1, 0.15) is 0 Å². The Balaban J connectivity index is 1.81. The quantitative estimate of drug-likeness (QED) is 0.439. The van der Waals surface area contributed by atoms with E-state index in [2.05, 4.69) is 27.9 Å². The smallest absolute Gasteiger partial charge is 0.255 e. The van der Waals surface area contributed by atoms with Crippen molar-refractivity contribution in [3.63, 3.8) is 0 Å². The second kappa shape index (κ2) is 9.15. The fourth-order valence-electron chi connectivity index (χ4n) is 2.70. The zero-order chi connectivity index (χ0) is 21.0. The van der Waals surface area contributed by atoms with Gasteiger partial charge in [0, 0.05) is 19.8 Å². The Morgan fingerprint density at radius 3 is 2.21 bits per heavy atom. The van der Waals surface area contributed by atoms with Crippen molar-refractivity contribution in [2.24, 2.45) is 0 Å². The highest BCUT2D eigenvalue weighted by molar-refractivity contribution is 14.1. The first-order valence-corrected chi connectivity index (χ1v) is 11.9. The van der Waals surface area contributed by atoms with Crippen LogP contribution in [0, 0.1) is 3.57 Å². The lowest BCUT2D eigenvalue weighted by Gasteiger charge is -2.23. The van der Waals surface area contributed by atoms with Gasteiger partial charge in [-0.1, -0.05) is 29.8 Å². The molecule has 3 aromatic carbocycles. The van der Waals surface area contributed by atoms with Crippen molar-refractivity contribution < 1.29 is 13.2 Å². The van der Waals surface area contributed by atoms with Gasteiger partial charge in [-0.25, -0.2) is 8.42 Å². The molecule has 8 heteroatoms. The number of rotatable bonds is 6. The largest absolute Gasteiger partial charge is 0.322 e. The minimum atomic E-state index is -3.55. The van der Waals surface area contributed by atoms with E-state index in [1.807, 2.05) is 24.3 Å². The van der Waals surface area contributed by atoms with Gasteiger partial charge < -0.3 is 5.32 Å². The van der Waals surface area contributed by atoms with Gasteiger partial charge in [0.05, 0.1) is 18.5 Å². The number of halogens is 2. The first-order chi connectivity index (χ1) is 13.7. The van der Waals surface area contributed by atoms with Crippen molar-refractivity contribution in [2.75, 3.05) is 15.9 Å². The fraction of sp³-hybridized carbons (Fsp3) is 0.0952. The summed E-state index contributed by atoms with van der Waals surface area (Å²) in [6.45, 7) is 0.104. The summed E-state index contributed by atoms with van der Waals surface area (Å²) in [6.07, 6.45) is 1.14. The van der Waals surface area contributed by atoms with Crippen LogP contribution >= 0.6 is 34.2 Å². The van der Waals surface area contributed by atoms with Crippen LogP contribution in [-0.4, -0.2) is 20.6 Å². The second-order valence-electron chi connectivity index (χ2n) is 6.37. The van der Waals surface area contributed by atoms with E-state index in [1.165, 1.54) is 4.31 Å². The van der Waals surface area contributed by atoms with Crippen molar-refractivity contribution in [3.05, 3.63) is 92.5 Å². The molecule has 0 atom stereocenters. The molecule has 0 bridgehead atoms. The van der Waals surface area contributed by atoms with Crippen LogP contribution in [0.3, 0.4) is 0 Å². The molecule has 0 saturated heterocycles. The van der Waals surface area contributed by atoms with Gasteiger partial charge >= 0.3 is 0 Å². The molecule has 0 unspecified atom stereocenters. The molecule has 1 amide bonds. The number of anilines is 2. The summed E-state index contributed by atoms with van der Waals surface area (Å²) in [5, 5.41) is 3.32. The maximum atomic E-state index is 12.5. The molecular weight excluding hydrogens is 523 g/mol. The molecule has 0 radical (unpaired) electrons. The first-order valence-electron chi connectivity index (χ1n) is 8.62. The van der Waals surface area contributed by atoms with Crippen molar-refractivity contribution in [1.29, 1.82) is 0 Å². The van der Waals surface area contributed by atoms with Crippen LogP contribution in [0.25, 0.3) is 0 Å². The Morgan fingerprint density at radius 1 is 1.00 bits per heavy atom. The molecular formula is C21H18ClIN2O3S. The predicted molar refractivity (Wildman–Crippen MR) is 126 cm³/mol. The highest BCUT2D eigenvalue weighted by Gasteiger charge is 2.19. The third-order valence-electron chi connectivity index (χ3n) is 4.19. The van der Waals surface area contributed by atoms with Gasteiger partial charge in [0.25, 0.3) is 5.91 Å². The van der Waals surface area contributed by atoms with Crippen LogP contribution in [0.15, 0.2) is 72.8 Å². The van der Waals surface area contributed by atoms with E-state index in [9.17, 15) is 13.2 Å². The van der Waals surface area contributed by atoms with Crippen LogP contribution in [-0.2, 0) is 16.6 Å². The molecule has 0 fully saturated rings. The Morgan fingerprint density at radius 2 is 1.62 bits per heavy atom. The van der Waals surface area contributed by atoms with Gasteiger partial charge in [-0.2, -0.15) is 0 Å². The van der Waals surface area contributed by atoms with E-state index >= 15 is 0 Å². The zero-order valence-electron chi connectivity index (χ0n) is 15.5. The van der Waals surface area contributed by atoms with Gasteiger partial charge in [-0.3, -0.25) is 9.10 Å². The van der Waals surface area contributed by atoms with Crippen LogP contribution in [0.4, 0.5) is 11.4 Å². The summed E-state index contributed by atoms with van der Waals surface area (Å²) in [5.74, 6) is -0.269. The van der Waals surface area contributed by atoms with Crippen molar-refractivity contribution >= 4 is 61.5 Å². The molecule has 1 N–H and O–H groups in total. The minimum absolute atomic E-state index is 0.104. The number of amides is 1. The number of nitrogens with one attached hydrogen (secondary N) is 1. The molecule has 0 aromatic heterocycles. The maximum Gasteiger partial charge on any atom is 0.255 e. The van der Waals surface area contributed by atoms with Gasteiger partial charge in [0.15, 0.2) is 0 Å². The van der Waals surface area contributed by atoms with Crippen LogP contribution < -0.4 is 9.62 Å². The van der Waals surface area contributed by atoms with E-state index in [4.69, 9.17) is 11.6 Å². The van der Waals surface area contributed by atoms with Crippen LogP contribution in [0.1, 0.15) is 15.9 Å². The Hall–Kier alpha value is -2.10. The highest BCUT2D eigenvalue weighted by atomic mass is 127. The molecule has 150 valence electrons. The highest BCUT2D eigenvalue weighted by Crippen LogP contribution is 2.25. The molecule has 0 aliphatic heterocycles. The maximum absolute atomic E-state index is 12.5. The summed E-state index contributed by atoms with van der Waals surface area (Å²) >= 11 is 8.38. The molecule has 3 rings (SSSR count). The lowest BCUT2D eigenvalue weighted by molar-refractivity contribution is 0.102. The lowest BCUT2D eigenvalue weighted by atomic mass is 10.1. The lowest BCUT2D eigenvalue weighted by Crippen LogP contribution is -2.29. The molecule has 3 aromatic rings. The Labute approximate surface area is 188 Å². The van der Waals surface area contributed by atoms with E-state index in [-0.39, 0.29) is 12.5 Å².